The maximum Gasteiger partial charge on any atom is 0.330 e. The summed E-state index contributed by atoms with van der Waals surface area (Å²) in [5.74, 6) is -2.73. The molecule has 8 heteroatoms. The third kappa shape index (κ3) is 4.08. The van der Waals surface area contributed by atoms with E-state index in [0.717, 1.165) is 29.7 Å². The Morgan fingerprint density at radius 3 is 2.21 bits per heavy atom. The van der Waals surface area contributed by atoms with Crippen molar-refractivity contribution in [2.45, 2.75) is 31.7 Å². The van der Waals surface area contributed by atoms with Crippen LogP contribution >= 0.6 is 0 Å². The predicted octanol–water partition coefficient (Wildman–Crippen LogP) is 2.95. The minimum absolute atomic E-state index is 0.117. The molecule has 1 N–H and O–H groups in total. The highest BCUT2D eigenvalue weighted by Gasteiger charge is 2.62. The molecule has 7 nitrogen and oxygen atoms in total. The summed E-state index contributed by atoms with van der Waals surface area (Å²) in [5.41, 5.74) is 1.14. The zero-order valence-corrected chi connectivity index (χ0v) is 18.5. The normalized spacial score (nSPS) is 25.9. The minimum atomic E-state index is -1.13. The number of rotatable bonds is 7. The first kappa shape index (κ1) is 22.3. The van der Waals surface area contributed by atoms with Crippen LogP contribution in [0.5, 0.6) is 0 Å². The van der Waals surface area contributed by atoms with Gasteiger partial charge in [0, 0.05) is 12.1 Å². The van der Waals surface area contributed by atoms with Crippen LogP contribution in [-0.4, -0.2) is 41.2 Å². The maximum atomic E-state index is 13.3. The van der Waals surface area contributed by atoms with Crippen LogP contribution in [0.1, 0.15) is 24.8 Å². The van der Waals surface area contributed by atoms with E-state index in [4.69, 9.17) is 4.74 Å². The van der Waals surface area contributed by atoms with Crippen LogP contribution in [-0.2, 0) is 30.3 Å². The van der Waals surface area contributed by atoms with E-state index in [1.807, 2.05) is 30.3 Å². The van der Waals surface area contributed by atoms with Crippen molar-refractivity contribution >= 4 is 29.4 Å². The van der Waals surface area contributed by atoms with Crippen LogP contribution in [0, 0.1) is 29.5 Å². The number of hydrogen-bond acceptors (Lipinski definition) is 5. The maximum absolute atomic E-state index is 13.3. The number of likely N-dealkylation sites (tertiary alicyclic amines) is 1. The number of esters is 1. The second kappa shape index (κ2) is 9.00. The first-order valence-corrected chi connectivity index (χ1v) is 11.6. The van der Waals surface area contributed by atoms with Gasteiger partial charge in [-0.3, -0.25) is 19.3 Å². The Kier molecular flexibility index (Phi) is 5.89. The molecule has 5 rings (SSSR count). The van der Waals surface area contributed by atoms with Crippen LogP contribution in [0.2, 0.25) is 0 Å². The summed E-state index contributed by atoms with van der Waals surface area (Å²) in [7, 11) is 0. The molecule has 1 heterocycles. The fourth-order valence-electron chi connectivity index (χ4n) is 5.82. The Morgan fingerprint density at radius 1 is 0.971 bits per heavy atom. The van der Waals surface area contributed by atoms with Crippen molar-refractivity contribution in [2.75, 3.05) is 11.9 Å². The zero-order valence-electron chi connectivity index (χ0n) is 18.5. The number of amides is 3. The molecule has 0 aromatic heterocycles. The quantitative estimate of drug-likeness (QED) is 0.503. The molecule has 3 amide bonds. The Labute approximate surface area is 196 Å². The molecule has 5 atom stereocenters. The number of ether oxygens (including phenoxy) is 1. The van der Waals surface area contributed by atoms with E-state index in [2.05, 4.69) is 5.32 Å². The summed E-state index contributed by atoms with van der Waals surface area (Å²) in [6, 6.07) is 13.2. The molecule has 0 spiro atoms. The molecule has 34 heavy (non-hydrogen) atoms. The summed E-state index contributed by atoms with van der Waals surface area (Å²) in [6.07, 6.45) is 2.90. The lowest BCUT2D eigenvalue weighted by molar-refractivity contribution is -0.160. The largest absolute Gasteiger partial charge is 0.454 e. The van der Waals surface area contributed by atoms with Gasteiger partial charge in [0.05, 0.1) is 11.8 Å². The van der Waals surface area contributed by atoms with Crippen molar-refractivity contribution in [1.29, 1.82) is 0 Å². The molecule has 2 aliphatic carbocycles. The molecular weight excluding hydrogens is 439 g/mol. The molecule has 2 aromatic carbocycles. The number of halogens is 1. The Balaban J connectivity index is 1.31. The van der Waals surface area contributed by atoms with Gasteiger partial charge >= 0.3 is 5.97 Å². The summed E-state index contributed by atoms with van der Waals surface area (Å²) in [4.78, 5) is 53.1. The van der Waals surface area contributed by atoms with Gasteiger partial charge < -0.3 is 10.1 Å². The number of carbonyl (C=O) groups is 4. The summed E-state index contributed by atoms with van der Waals surface area (Å²) >= 11 is 0. The van der Waals surface area contributed by atoms with E-state index in [9.17, 15) is 23.6 Å². The lowest BCUT2D eigenvalue weighted by Gasteiger charge is -2.26. The highest BCUT2D eigenvalue weighted by molar-refractivity contribution is 6.08. The predicted molar refractivity (Wildman–Crippen MR) is 120 cm³/mol. The van der Waals surface area contributed by atoms with Crippen molar-refractivity contribution in [3.63, 3.8) is 0 Å². The van der Waals surface area contributed by atoms with Crippen molar-refractivity contribution in [2.24, 2.45) is 23.7 Å². The number of nitrogens with zero attached hydrogens (tertiary/aromatic N) is 1. The third-order valence-electron chi connectivity index (χ3n) is 7.29. The fraction of sp³-hybridized carbons (Fsp3) is 0.385. The molecule has 2 saturated carbocycles. The summed E-state index contributed by atoms with van der Waals surface area (Å²) < 4.78 is 18.3. The summed E-state index contributed by atoms with van der Waals surface area (Å²) in [5, 5.41) is 2.52. The highest BCUT2D eigenvalue weighted by Crippen LogP contribution is 2.56. The minimum Gasteiger partial charge on any atom is -0.454 e. The van der Waals surface area contributed by atoms with E-state index in [1.165, 1.54) is 24.3 Å². The van der Waals surface area contributed by atoms with Crippen molar-refractivity contribution in [1.82, 2.24) is 4.90 Å². The summed E-state index contributed by atoms with van der Waals surface area (Å²) in [6.45, 7) is -0.587. The van der Waals surface area contributed by atoms with Gasteiger partial charge in [0.25, 0.3) is 5.91 Å². The topological polar surface area (TPSA) is 92.8 Å². The first-order chi connectivity index (χ1) is 16.4. The standard InChI is InChI=1S/C26H25FN2O5/c27-18-8-10-19(11-9-18)28-21(30)14-34-26(33)20(12-15-4-2-1-3-5-15)29-24(31)22-16-6-7-17(13-16)23(22)25(29)32/h1-5,8-11,16-17,20,22-23H,6-7,12-14H2,(H,28,30)/t16-,17-,20-,22+,23+/m0/s1. The number of anilines is 1. The van der Waals surface area contributed by atoms with Crippen molar-refractivity contribution in [3.05, 3.63) is 66.0 Å². The van der Waals surface area contributed by atoms with Crippen LogP contribution in [0.3, 0.4) is 0 Å². The number of imide groups is 1. The fourth-order valence-corrected chi connectivity index (χ4v) is 5.82. The van der Waals surface area contributed by atoms with Gasteiger partial charge in [-0.25, -0.2) is 9.18 Å². The highest BCUT2D eigenvalue weighted by atomic mass is 19.1. The monoisotopic (exact) mass is 464 g/mol. The number of carbonyl (C=O) groups excluding carboxylic acids is 4. The van der Waals surface area contributed by atoms with Crippen LogP contribution in [0.4, 0.5) is 10.1 Å². The van der Waals surface area contributed by atoms with Crippen LogP contribution in [0.15, 0.2) is 54.6 Å². The van der Waals surface area contributed by atoms with E-state index in [-0.39, 0.29) is 41.9 Å². The Hall–Kier alpha value is -3.55. The average Bonchev–Trinajstić information content (AvgIpc) is 3.52. The molecule has 0 radical (unpaired) electrons. The van der Waals surface area contributed by atoms with Crippen LogP contribution < -0.4 is 5.32 Å². The van der Waals surface area contributed by atoms with Gasteiger partial charge in [-0.1, -0.05) is 30.3 Å². The molecule has 2 aromatic rings. The smallest absolute Gasteiger partial charge is 0.330 e. The average molecular weight is 464 g/mol. The van der Waals surface area contributed by atoms with Gasteiger partial charge in [-0.05, 0) is 60.9 Å². The molecule has 2 bridgehead atoms. The SMILES string of the molecule is O=C(COC(=O)[C@H](Cc1ccccc1)N1C(=O)[C@@H]2[C@H]3CC[C@@H](C3)[C@H]2C1=O)Nc1ccc(F)cc1. The van der Waals surface area contributed by atoms with Gasteiger partial charge in [0.2, 0.25) is 11.8 Å². The van der Waals surface area contributed by atoms with Gasteiger partial charge in [-0.15, -0.1) is 0 Å². The lowest BCUT2D eigenvalue weighted by atomic mass is 9.81. The number of benzene rings is 2. The van der Waals surface area contributed by atoms with Crippen molar-refractivity contribution < 1.29 is 28.3 Å². The number of fused-ring (bicyclic) bond motifs is 5. The third-order valence-corrected chi connectivity index (χ3v) is 7.29. The molecule has 0 unspecified atom stereocenters. The molecule has 3 aliphatic rings. The van der Waals surface area contributed by atoms with E-state index in [0.29, 0.717) is 5.69 Å². The molecular formula is C26H25FN2O5. The van der Waals surface area contributed by atoms with Gasteiger partial charge in [0.1, 0.15) is 11.9 Å². The second-order valence-corrected chi connectivity index (χ2v) is 9.30. The zero-order chi connectivity index (χ0) is 23.8. The molecule has 1 saturated heterocycles. The Bertz CT molecular complexity index is 1090. The molecule has 176 valence electrons. The van der Waals surface area contributed by atoms with E-state index < -0.39 is 30.3 Å². The van der Waals surface area contributed by atoms with Gasteiger partial charge in [-0.2, -0.15) is 0 Å². The number of nitrogens with one attached hydrogen (secondary N) is 1. The Morgan fingerprint density at radius 2 is 1.59 bits per heavy atom. The molecule has 1 aliphatic heterocycles. The second-order valence-electron chi connectivity index (χ2n) is 9.30. The van der Waals surface area contributed by atoms with Crippen molar-refractivity contribution in [3.8, 4) is 0 Å². The lowest BCUT2D eigenvalue weighted by Crippen LogP contribution is -2.48. The number of hydrogen-bond donors (Lipinski definition) is 1. The van der Waals surface area contributed by atoms with E-state index in [1.54, 1.807) is 0 Å². The van der Waals surface area contributed by atoms with E-state index >= 15 is 0 Å². The van der Waals surface area contributed by atoms with Crippen LogP contribution in [0.25, 0.3) is 0 Å². The van der Waals surface area contributed by atoms with Gasteiger partial charge in [0.15, 0.2) is 6.61 Å². The molecule has 3 fully saturated rings. The first-order valence-electron chi connectivity index (χ1n) is 11.6.